The molecule has 0 saturated carbocycles. The topological polar surface area (TPSA) is 50.5 Å². The lowest BCUT2D eigenvalue weighted by molar-refractivity contribution is 0.376. The zero-order valence-corrected chi connectivity index (χ0v) is 16.7. The van der Waals surface area contributed by atoms with Crippen molar-refractivity contribution in [3.8, 4) is 0 Å². The van der Waals surface area contributed by atoms with E-state index in [-0.39, 0.29) is 10.1 Å². The number of sulfonamides is 1. The van der Waals surface area contributed by atoms with E-state index in [1.54, 1.807) is 24.3 Å². The van der Waals surface area contributed by atoms with Gasteiger partial charge in [0.15, 0.2) is 4.67 Å². The van der Waals surface area contributed by atoms with Gasteiger partial charge in [-0.2, -0.15) is 4.31 Å². The first-order valence-electron chi connectivity index (χ1n) is 7.54. The van der Waals surface area contributed by atoms with Crippen molar-refractivity contribution in [1.29, 1.82) is 0 Å². The summed E-state index contributed by atoms with van der Waals surface area (Å²) in [5.74, 6) is -0.494. The summed E-state index contributed by atoms with van der Waals surface area (Å²) in [6.07, 6.45) is 0. The molecular formula is C18H14BrClFNO3S. The maximum atomic E-state index is 13.5. The fraction of sp³-hybridized carbons (Fsp3) is 0.111. The molecule has 0 aliphatic rings. The largest absolute Gasteiger partial charge is 0.437 e. The van der Waals surface area contributed by atoms with Gasteiger partial charge in [-0.15, -0.1) is 0 Å². The van der Waals surface area contributed by atoms with Gasteiger partial charge in [-0.1, -0.05) is 48.0 Å². The highest BCUT2D eigenvalue weighted by molar-refractivity contribution is 9.10. The molecule has 1 unspecified atom stereocenters. The molecule has 0 radical (unpaired) electrons. The summed E-state index contributed by atoms with van der Waals surface area (Å²) in [4.78, 5) is 0. The predicted molar refractivity (Wildman–Crippen MR) is 101 cm³/mol. The summed E-state index contributed by atoms with van der Waals surface area (Å²) >= 11 is 9.33. The Morgan fingerprint density at radius 1 is 1.12 bits per heavy atom. The van der Waals surface area contributed by atoms with E-state index >= 15 is 0 Å². The number of furan rings is 1. The first kappa shape index (κ1) is 19.1. The normalized spacial score (nSPS) is 13.1. The summed E-state index contributed by atoms with van der Waals surface area (Å²) < 4.78 is 46.2. The van der Waals surface area contributed by atoms with Gasteiger partial charge >= 0.3 is 0 Å². The van der Waals surface area contributed by atoms with Crippen LogP contribution in [0, 0.1) is 5.82 Å². The van der Waals surface area contributed by atoms with Crippen LogP contribution in [0.25, 0.3) is 0 Å². The molecule has 136 valence electrons. The molecule has 0 N–H and O–H groups in total. The molecule has 4 nitrogen and oxygen atoms in total. The van der Waals surface area contributed by atoms with Crippen molar-refractivity contribution in [1.82, 2.24) is 4.31 Å². The standard InChI is InChI=1S/C18H14BrClFNO3S/c1-22(26(23,24)17-10-9-16(19)25-17)18(12-5-3-2-4-6-12)14-8-7-13(21)11-15(14)20/h2-11,18H,1H3. The minimum atomic E-state index is -3.96. The fourth-order valence-corrected chi connectivity index (χ4v) is 4.58. The van der Waals surface area contributed by atoms with Gasteiger partial charge in [0, 0.05) is 12.1 Å². The van der Waals surface area contributed by atoms with E-state index in [1.165, 1.54) is 31.3 Å². The first-order valence-corrected chi connectivity index (χ1v) is 10.1. The third-order valence-corrected chi connectivity index (χ3v) is 6.37. The lowest BCUT2D eigenvalue weighted by Gasteiger charge is -2.28. The molecule has 0 fully saturated rings. The van der Waals surface area contributed by atoms with Crippen molar-refractivity contribution >= 4 is 37.6 Å². The third-order valence-electron chi connectivity index (χ3n) is 3.92. The van der Waals surface area contributed by atoms with Crippen LogP contribution in [0.15, 0.2) is 74.8 Å². The van der Waals surface area contributed by atoms with Crippen molar-refractivity contribution in [2.45, 2.75) is 11.1 Å². The zero-order valence-electron chi connectivity index (χ0n) is 13.6. The second-order valence-electron chi connectivity index (χ2n) is 5.56. The Morgan fingerprint density at radius 3 is 2.38 bits per heavy atom. The highest BCUT2D eigenvalue weighted by Crippen LogP contribution is 2.36. The zero-order chi connectivity index (χ0) is 18.9. The average Bonchev–Trinajstić information content (AvgIpc) is 3.05. The van der Waals surface area contributed by atoms with Crippen LogP contribution in [0.4, 0.5) is 4.39 Å². The minimum Gasteiger partial charge on any atom is -0.437 e. The molecule has 3 aromatic rings. The van der Waals surface area contributed by atoms with Crippen molar-refractivity contribution in [2.24, 2.45) is 0 Å². The number of halogens is 3. The lowest BCUT2D eigenvalue weighted by atomic mass is 9.99. The molecule has 0 amide bonds. The van der Waals surface area contributed by atoms with Crippen molar-refractivity contribution in [3.63, 3.8) is 0 Å². The van der Waals surface area contributed by atoms with Gasteiger partial charge in [-0.3, -0.25) is 0 Å². The molecule has 0 bridgehead atoms. The Kier molecular flexibility index (Phi) is 5.53. The van der Waals surface area contributed by atoms with Gasteiger partial charge in [0.2, 0.25) is 5.09 Å². The van der Waals surface area contributed by atoms with E-state index in [0.29, 0.717) is 15.8 Å². The maximum absolute atomic E-state index is 13.5. The Balaban J connectivity index is 2.15. The van der Waals surface area contributed by atoms with Crippen LogP contribution < -0.4 is 0 Å². The molecule has 0 aliphatic heterocycles. The number of rotatable bonds is 5. The monoisotopic (exact) mass is 457 g/mol. The molecule has 26 heavy (non-hydrogen) atoms. The molecular weight excluding hydrogens is 445 g/mol. The smallest absolute Gasteiger partial charge is 0.277 e. The van der Waals surface area contributed by atoms with E-state index in [2.05, 4.69) is 15.9 Å². The molecule has 1 atom stereocenters. The van der Waals surface area contributed by atoms with Gasteiger partial charge in [-0.25, -0.2) is 12.8 Å². The van der Waals surface area contributed by atoms with Crippen molar-refractivity contribution in [3.05, 3.63) is 87.3 Å². The fourth-order valence-electron chi connectivity index (χ4n) is 2.66. The summed E-state index contributed by atoms with van der Waals surface area (Å²) in [6, 6.07) is 15.0. The van der Waals surface area contributed by atoms with E-state index in [9.17, 15) is 12.8 Å². The number of benzene rings is 2. The first-order chi connectivity index (χ1) is 12.3. The van der Waals surface area contributed by atoms with Crippen LogP contribution in [0.3, 0.4) is 0 Å². The highest BCUT2D eigenvalue weighted by Gasteiger charge is 2.33. The van der Waals surface area contributed by atoms with Gasteiger partial charge in [0.1, 0.15) is 5.82 Å². The molecule has 3 rings (SSSR count). The summed E-state index contributed by atoms with van der Waals surface area (Å²) in [6.45, 7) is 0. The number of nitrogens with zero attached hydrogens (tertiary/aromatic N) is 1. The van der Waals surface area contributed by atoms with E-state index in [4.69, 9.17) is 16.0 Å². The Morgan fingerprint density at radius 2 is 1.81 bits per heavy atom. The summed E-state index contributed by atoms with van der Waals surface area (Å²) in [5.41, 5.74) is 1.16. The van der Waals surface area contributed by atoms with E-state index in [0.717, 1.165) is 10.4 Å². The second kappa shape index (κ2) is 7.52. The van der Waals surface area contributed by atoms with Crippen LogP contribution >= 0.6 is 27.5 Å². The Bertz CT molecular complexity index is 1020. The van der Waals surface area contributed by atoms with Crippen LogP contribution in [0.1, 0.15) is 17.2 Å². The Labute approximate surface area is 164 Å². The number of hydrogen-bond acceptors (Lipinski definition) is 3. The molecule has 2 aromatic carbocycles. The van der Waals surface area contributed by atoms with Crippen LogP contribution in [-0.2, 0) is 10.0 Å². The van der Waals surface area contributed by atoms with Crippen LogP contribution in [0.2, 0.25) is 5.02 Å². The van der Waals surface area contributed by atoms with Crippen LogP contribution in [-0.4, -0.2) is 19.8 Å². The molecule has 0 spiro atoms. The molecule has 1 heterocycles. The second-order valence-corrected chi connectivity index (χ2v) is 8.68. The molecule has 0 saturated heterocycles. The lowest BCUT2D eigenvalue weighted by Crippen LogP contribution is -2.32. The molecule has 8 heteroatoms. The van der Waals surface area contributed by atoms with Crippen molar-refractivity contribution in [2.75, 3.05) is 7.05 Å². The summed E-state index contributed by atoms with van der Waals surface area (Å²) in [5, 5.41) is -0.0624. The SMILES string of the molecule is CN(C(c1ccccc1)c1ccc(F)cc1Cl)S(=O)(=O)c1ccc(Br)o1. The minimum absolute atomic E-state index is 0.140. The van der Waals surface area contributed by atoms with Crippen molar-refractivity contribution < 1.29 is 17.2 Å². The Hall–Kier alpha value is -1.67. The maximum Gasteiger partial charge on any atom is 0.277 e. The van der Waals surface area contributed by atoms with Gasteiger partial charge in [0.05, 0.1) is 6.04 Å². The van der Waals surface area contributed by atoms with Gasteiger partial charge in [-0.05, 0) is 51.3 Å². The third kappa shape index (κ3) is 3.71. The predicted octanol–water partition coefficient (Wildman–Crippen LogP) is 5.24. The molecule has 1 aromatic heterocycles. The quantitative estimate of drug-likeness (QED) is 0.525. The van der Waals surface area contributed by atoms with Gasteiger partial charge < -0.3 is 4.42 Å². The number of hydrogen-bond donors (Lipinski definition) is 0. The van der Waals surface area contributed by atoms with E-state index in [1.807, 2.05) is 6.07 Å². The van der Waals surface area contributed by atoms with Gasteiger partial charge in [0.25, 0.3) is 10.0 Å². The average molecular weight is 459 g/mol. The highest BCUT2D eigenvalue weighted by atomic mass is 79.9. The van der Waals surface area contributed by atoms with Crippen LogP contribution in [0.5, 0.6) is 0 Å². The molecule has 0 aliphatic carbocycles. The van der Waals surface area contributed by atoms with E-state index < -0.39 is 21.9 Å². The summed E-state index contributed by atoms with van der Waals surface area (Å²) in [7, 11) is -2.52.